The van der Waals surface area contributed by atoms with E-state index in [0.717, 1.165) is 18.6 Å². The molecule has 3 heteroatoms. The monoisotopic (exact) mass is 211 g/mol. The van der Waals surface area contributed by atoms with E-state index in [0.29, 0.717) is 10.8 Å². The average Bonchev–Trinajstić information content (AvgIpc) is 2.22. The number of nitrogens with zero attached hydrogens (tertiary/aromatic N) is 1. The van der Waals surface area contributed by atoms with Crippen molar-refractivity contribution in [2.45, 2.75) is 26.7 Å². The van der Waals surface area contributed by atoms with Crippen LogP contribution in [0.15, 0.2) is 29.4 Å². The Kier molecular flexibility index (Phi) is 4.47. The molecule has 0 aliphatic rings. The molecule has 0 saturated carbocycles. The molecule has 0 N–H and O–H groups in total. The predicted octanol–water partition coefficient (Wildman–Crippen LogP) is 3.89. The molecule has 0 amide bonds. The van der Waals surface area contributed by atoms with E-state index in [4.69, 9.17) is 16.4 Å². The summed E-state index contributed by atoms with van der Waals surface area (Å²) in [5, 5.41) is 4.74. The summed E-state index contributed by atoms with van der Waals surface area (Å²) < 4.78 is 0. The molecule has 1 rings (SSSR count). The van der Waals surface area contributed by atoms with Crippen molar-refractivity contribution in [3.8, 4) is 5.75 Å². The van der Waals surface area contributed by atoms with Crippen LogP contribution in [0.2, 0.25) is 5.02 Å². The fourth-order valence-corrected chi connectivity index (χ4v) is 1.12. The van der Waals surface area contributed by atoms with Crippen LogP contribution in [0.1, 0.15) is 26.7 Å². The SMILES string of the molecule is CCC(CC)=NOc1ccc(Cl)cc1. The van der Waals surface area contributed by atoms with Gasteiger partial charge in [0.25, 0.3) is 0 Å². The Labute approximate surface area is 89.5 Å². The van der Waals surface area contributed by atoms with Crippen LogP contribution >= 0.6 is 11.6 Å². The van der Waals surface area contributed by atoms with Gasteiger partial charge in [0.15, 0.2) is 5.75 Å². The first-order chi connectivity index (χ1) is 6.76. The van der Waals surface area contributed by atoms with Gasteiger partial charge in [0.2, 0.25) is 0 Å². The number of hydrogen-bond acceptors (Lipinski definition) is 2. The van der Waals surface area contributed by atoms with Crippen LogP contribution in [-0.2, 0) is 0 Å². The van der Waals surface area contributed by atoms with Crippen LogP contribution in [0.5, 0.6) is 5.75 Å². The molecule has 76 valence electrons. The highest BCUT2D eigenvalue weighted by Gasteiger charge is 1.95. The molecule has 0 aliphatic carbocycles. The molecule has 0 fully saturated rings. The molecule has 0 saturated heterocycles. The van der Waals surface area contributed by atoms with Gasteiger partial charge in [-0.25, -0.2) is 0 Å². The summed E-state index contributed by atoms with van der Waals surface area (Å²) in [5.74, 6) is 0.716. The predicted molar refractivity (Wildman–Crippen MR) is 60.1 cm³/mol. The lowest BCUT2D eigenvalue weighted by atomic mass is 10.2. The Morgan fingerprint density at radius 2 is 1.79 bits per heavy atom. The van der Waals surface area contributed by atoms with Crippen molar-refractivity contribution in [3.05, 3.63) is 29.3 Å². The normalized spacial score (nSPS) is 9.64. The first-order valence-electron chi connectivity index (χ1n) is 4.74. The Morgan fingerprint density at radius 3 is 2.29 bits per heavy atom. The molecule has 0 atom stereocenters. The summed E-state index contributed by atoms with van der Waals surface area (Å²) >= 11 is 5.74. The smallest absolute Gasteiger partial charge is 0.158 e. The molecule has 2 nitrogen and oxygen atoms in total. The van der Waals surface area contributed by atoms with Gasteiger partial charge in [-0.05, 0) is 37.1 Å². The van der Waals surface area contributed by atoms with Crippen LogP contribution in [-0.4, -0.2) is 5.71 Å². The molecular weight excluding hydrogens is 198 g/mol. The summed E-state index contributed by atoms with van der Waals surface area (Å²) in [4.78, 5) is 5.23. The zero-order chi connectivity index (χ0) is 10.4. The largest absolute Gasteiger partial charge is 0.357 e. The van der Waals surface area contributed by atoms with Gasteiger partial charge in [0, 0.05) is 5.02 Å². The molecule has 1 aromatic carbocycles. The standard InChI is InChI=1S/C11H14ClNO/c1-3-10(4-2)13-14-11-7-5-9(12)6-8-11/h5-8H,3-4H2,1-2H3. The van der Waals surface area contributed by atoms with Crippen LogP contribution < -0.4 is 4.84 Å². The van der Waals surface area contributed by atoms with E-state index in [1.165, 1.54) is 0 Å². The van der Waals surface area contributed by atoms with Crippen LogP contribution in [0.25, 0.3) is 0 Å². The molecule has 0 spiro atoms. The van der Waals surface area contributed by atoms with E-state index in [9.17, 15) is 0 Å². The maximum atomic E-state index is 5.74. The van der Waals surface area contributed by atoms with Crippen molar-refractivity contribution in [2.24, 2.45) is 5.16 Å². The van der Waals surface area contributed by atoms with E-state index >= 15 is 0 Å². The maximum absolute atomic E-state index is 5.74. The summed E-state index contributed by atoms with van der Waals surface area (Å²) in [6, 6.07) is 7.16. The molecule has 0 unspecified atom stereocenters. The number of benzene rings is 1. The molecule has 0 aromatic heterocycles. The zero-order valence-electron chi connectivity index (χ0n) is 8.46. The Bertz CT molecular complexity index is 300. The number of oxime groups is 1. The maximum Gasteiger partial charge on any atom is 0.158 e. The third-order valence-corrected chi connectivity index (χ3v) is 2.16. The van der Waals surface area contributed by atoms with E-state index in [1.807, 2.05) is 0 Å². The topological polar surface area (TPSA) is 21.6 Å². The Balaban J connectivity index is 2.60. The summed E-state index contributed by atoms with van der Waals surface area (Å²) in [7, 11) is 0. The lowest BCUT2D eigenvalue weighted by Crippen LogP contribution is -1.96. The van der Waals surface area contributed by atoms with E-state index in [1.54, 1.807) is 24.3 Å². The van der Waals surface area contributed by atoms with Gasteiger partial charge in [0.05, 0.1) is 5.71 Å². The van der Waals surface area contributed by atoms with Crippen LogP contribution in [0, 0.1) is 0 Å². The highest BCUT2D eigenvalue weighted by molar-refractivity contribution is 6.30. The van der Waals surface area contributed by atoms with Crippen LogP contribution in [0.4, 0.5) is 0 Å². The molecule has 0 heterocycles. The van der Waals surface area contributed by atoms with Gasteiger partial charge in [0.1, 0.15) is 0 Å². The minimum Gasteiger partial charge on any atom is -0.357 e. The second-order valence-corrected chi connectivity index (χ2v) is 3.35. The lowest BCUT2D eigenvalue weighted by Gasteiger charge is -2.01. The van der Waals surface area contributed by atoms with E-state index < -0.39 is 0 Å². The van der Waals surface area contributed by atoms with Gasteiger partial charge in [-0.2, -0.15) is 0 Å². The minimum absolute atomic E-state index is 0.701. The van der Waals surface area contributed by atoms with E-state index in [-0.39, 0.29) is 0 Å². The molecular formula is C11H14ClNO. The molecule has 0 aliphatic heterocycles. The molecule has 14 heavy (non-hydrogen) atoms. The lowest BCUT2D eigenvalue weighted by molar-refractivity contribution is 0.339. The van der Waals surface area contributed by atoms with Gasteiger partial charge in [-0.3, -0.25) is 0 Å². The third-order valence-electron chi connectivity index (χ3n) is 1.91. The Morgan fingerprint density at radius 1 is 1.21 bits per heavy atom. The van der Waals surface area contributed by atoms with E-state index in [2.05, 4.69) is 19.0 Å². The summed E-state index contributed by atoms with van der Waals surface area (Å²) in [6.45, 7) is 4.13. The summed E-state index contributed by atoms with van der Waals surface area (Å²) in [6.07, 6.45) is 1.84. The van der Waals surface area contributed by atoms with Crippen molar-refractivity contribution >= 4 is 17.3 Å². The van der Waals surface area contributed by atoms with Crippen molar-refractivity contribution in [2.75, 3.05) is 0 Å². The highest BCUT2D eigenvalue weighted by Crippen LogP contribution is 2.15. The van der Waals surface area contributed by atoms with Crippen LogP contribution in [0.3, 0.4) is 0 Å². The highest BCUT2D eigenvalue weighted by atomic mass is 35.5. The number of hydrogen-bond donors (Lipinski definition) is 0. The average molecular weight is 212 g/mol. The van der Waals surface area contributed by atoms with Gasteiger partial charge in [-0.1, -0.05) is 30.6 Å². The fourth-order valence-electron chi connectivity index (χ4n) is 0.992. The number of rotatable bonds is 4. The molecule has 0 radical (unpaired) electrons. The first kappa shape index (κ1) is 11.1. The number of halogens is 1. The van der Waals surface area contributed by atoms with Crippen molar-refractivity contribution < 1.29 is 4.84 Å². The van der Waals surface area contributed by atoms with Crippen molar-refractivity contribution in [1.29, 1.82) is 0 Å². The van der Waals surface area contributed by atoms with Crippen molar-refractivity contribution in [1.82, 2.24) is 0 Å². The third kappa shape index (κ3) is 3.38. The fraction of sp³-hybridized carbons (Fsp3) is 0.364. The summed E-state index contributed by atoms with van der Waals surface area (Å²) in [5.41, 5.74) is 1.06. The second-order valence-electron chi connectivity index (χ2n) is 2.91. The van der Waals surface area contributed by atoms with Gasteiger partial charge in [-0.15, -0.1) is 0 Å². The second kappa shape index (κ2) is 5.66. The van der Waals surface area contributed by atoms with Crippen molar-refractivity contribution in [3.63, 3.8) is 0 Å². The quantitative estimate of drug-likeness (QED) is 0.547. The van der Waals surface area contributed by atoms with Gasteiger partial charge < -0.3 is 4.84 Å². The molecule has 0 bridgehead atoms. The van der Waals surface area contributed by atoms with Gasteiger partial charge >= 0.3 is 0 Å². The molecule has 1 aromatic rings. The minimum atomic E-state index is 0.701. The zero-order valence-corrected chi connectivity index (χ0v) is 9.21. The first-order valence-corrected chi connectivity index (χ1v) is 5.12. The Hall–Kier alpha value is -1.02.